The molecular formula is C18H24Cl2N2O2. The minimum absolute atomic E-state index is 0.0786. The molecule has 1 heterocycles. The van der Waals surface area contributed by atoms with Gasteiger partial charge in [-0.15, -0.1) is 0 Å². The lowest BCUT2D eigenvalue weighted by atomic mass is 9.99. The van der Waals surface area contributed by atoms with E-state index in [4.69, 9.17) is 23.2 Å². The van der Waals surface area contributed by atoms with Crippen LogP contribution in [0.1, 0.15) is 49.9 Å². The Bertz CT molecular complexity index is 595. The van der Waals surface area contributed by atoms with E-state index in [0.717, 1.165) is 25.7 Å². The van der Waals surface area contributed by atoms with Crippen molar-refractivity contribution in [2.45, 2.75) is 45.6 Å². The van der Waals surface area contributed by atoms with Gasteiger partial charge in [0.2, 0.25) is 5.91 Å². The largest absolute Gasteiger partial charge is 0.353 e. The molecule has 0 aromatic heterocycles. The smallest absolute Gasteiger partial charge is 0.255 e. The van der Waals surface area contributed by atoms with Crippen LogP contribution in [0.25, 0.3) is 0 Å². The summed E-state index contributed by atoms with van der Waals surface area (Å²) in [4.78, 5) is 26.5. The van der Waals surface area contributed by atoms with Gasteiger partial charge in [0.05, 0.1) is 10.6 Å². The van der Waals surface area contributed by atoms with E-state index in [9.17, 15) is 9.59 Å². The Kier molecular flexibility index (Phi) is 6.93. The quantitative estimate of drug-likeness (QED) is 0.845. The third-order valence-electron chi connectivity index (χ3n) is 4.64. The first kappa shape index (κ1) is 19.1. The summed E-state index contributed by atoms with van der Waals surface area (Å²) in [5.41, 5.74) is 0.434. The van der Waals surface area contributed by atoms with Crippen molar-refractivity contribution < 1.29 is 9.59 Å². The number of hydrogen-bond acceptors (Lipinski definition) is 2. The number of rotatable bonds is 5. The van der Waals surface area contributed by atoms with Crippen LogP contribution in [0.5, 0.6) is 0 Å². The highest BCUT2D eigenvalue weighted by Gasteiger charge is 2.27. The molecule has 1 aromatic rings. The highest BCUT2D eigenvalue weighted by Crippen LogP contribution is 2.23. The Labute approximate surface area is 153 Å². The summed E-state index contributed by atoms with van der Waals surface area (Å²) in [7, 11) is 0. The van der Waals surface area contributed by atoms with E-state index in [1.54, 1.807) is 23.1 Å². The number of halogens is 2. The predicted octanol–water partition coefficient (Wildman–Crippen LogP) is 4.15. The molecule has 132 valence electrons. The number of hydrogen-bond donors (Lipinski definition) is 1. The molecular weight excluding hydrogens is 347 g/mol. The Morgan fingerprint density at radius 3 is 2.42 bits per heavy atom. The van der Waals surface area contributed by atoms with Crippen molar-refractivity contribution in [2.24, 2.45) is 5.92 Å². The molecule has 1 N–H and O–H groups in total. The fraction of sp³-hybridized carbons (Fsp3) is 0.556. The summed E-state index contributed by atoms with van der Waals surface area (Å²) in [6.07, 6.45) is 3.23. The van der Waals surface area contributed by atoms with E-state index in [1.807, 2.05) is 13.8 Å². The first-order valence-electron chi connectivity index (χ1n) is 8.50. The number of benzene rings is 1. The molecule has 1 fully saturated rings. The molecule has 0 saturated carbocycles. The van der Waals surface area contributed by atoms with Crippen LogP contribution >= 0.6 is 23.2 Å². The van der Waals surface area contributed by atoms with Gasteiger partial charge in [0.25, 0.3) is 5.91 Å². The van der Waals surface area contributed by atoms with E-state index in [0.29, 0.717) is 28.7 Å². The summed E-state index contributed by atoms with van der Waals surface area (Å²) in [5.74, 6) is 0.102. The number of carbonyl (C=O) groups excluding carboxylic acids is 2. The van der Waals surface area contributed by atoms with Gasteiger partial charge in [-0.1, -0.05) is 37.0 Å². The van der Waals surface area contributed by atoms with Gasteiger partial charge >= 0.3 is 0 Å². The van der Waals surface area contributed by atoms with E-state index in [1.165, 1.54) is 0 Å². The van der Waals surface area contributed by atoms with Crippen molar-refractivity contribution in [1.29, 1.82) is 0 Å². The van der Waals surface area contributed by atoms with Gasteiger partial charge in [0, 0.05) is 30.1 Å². The predicted molar refractivity (Wildman–Crippen MR) is 97.6 cm³/mol. The third-order valence-corrected chi connectivity index (χ3v) is 5.21. The summed E-state index contributed by atoms with van der Waals surface area (Å²) in [6.45, 7) is 5.28. The van der Waals surface area contributed by atoms with Crippen molar-refractivity contribution >= 4 is 35.0 Å². The minimum Gasteiger partial charge on any atom is -0.353 e. The average Bonchev–Trinajstić information content (AvgIpc) is 2.58. The molecule has 4 nitrogen and oxygen atoms in total. The zero-order valence-corrected chi connectivity index (χ0v) is 15.7. The van der Waals surface area contributed by atoms with Crippen molar-refractivity contribution in [3.8, 4) is 0 Å². The number of nitrogens with one attached hydrogen (secondary N) is 1. The highest BCUT2D eigenvalue weighted by molar-refractivity contribution is 6.35. The van der Waals surface area contributed by atoms with E-state index in [-0.39, 0.29) is 23.8 Å². The fourth-order valence-corrected chi connectivity index (χ4v) is 3.41. The molecule has 0 unspecified atom stereocenters. The van der Waals surface area contributed by atoms with Gasteiger partial charge in [-0.25, -0.2) is 0 Å². The van der Waals surface area contributed by atoms with E-state index >= 15 is 0 Å². The average molecular weight is 371 g/mol. The van der Waals surface area contributed by atoms with Crippen LogP contribution in [-0.4, -0.2) is 35.8 Å². The molecule has 6 heteroatoms. The lowest BCUT2D eigenvalue weighted by Gasteiger charge is -2.33. The second-order valence-electron chi connectivity index (χ2n) is 6.21. The Balaban J connectivity index is 1.91. The van der Waals surface area contributed by atoms with Crippen molar-refractivity contribution in [2.75, 3.05) is 13.1 Å². The second kappa shape index (κ2) is 8.72. The molecule has 2 amide bonds. The maximum Gasteiger partial charge on any atom is 0.255 e. The SMILES string of the molecule is CCC(CC)C(=O)NC1CCN(C(=O)c2cc(Cl)ccc2Cl)CC1. The summed E-state index contributed by atoms with van der Waals surface area (Å²) >= 11 is 12.1. The summed E-state index contributed by atoms with van der Waals surface area (Å²) in [5, 5.41) is 4.02. The monoisotopic (exact) mass is 370 g/mol. The van der Waals surface area contributed by atoms with Crippen LogP contribution in [0, 0.1) is 5.92 Å². The van der Waals surface area contributed by atoms with Gasteiger partial charge in [0.15, 0.2) is 0 Å². The van der Waals surface area contributed by atoms with Crippen LogP contribution in [0.15, 0.2) is 18.2 Å². The second-order valence-corrected chi connectivity index (χ2v) is 7.06. The van der Waals surface area contributed by atoms with Crippen LogP contribution in [0.4, 0.5) is 0 Å². The number of piperidine rings is 1. The topological polar surface area (TPSA) is 49.4 Å². The van der Waals surface area contributed by atoms with Gasteiger partial charge in [-0.2, -0.15) is 0 Å². The molecule has 1 aromatic carbocycles. The first-order chi connectivity index (χ1) is 11.5. The Hall–Kier alpha value is -1.26. The van der Waals surface area contributed by atoms with Crippen LogP contribution < -0.4 is 5.32 Å². The first-order valence-corrected chi connectivity index (χ1v) is 9.26. The summed E-state index contributed by atoms with van der Waals surface area (Å²) < 4.78 is 0. The maximum absolute atomic E-state index is 12.6. The lowest BCUT2D eigenvalue weighted by molar-refractivity contribution is -0.126. The normalized spacial score (nSPS) is 15.6. The molecule has 1 saturated heterocycles. The molecule has 0 atom stereocenters. The fourth-order valence-electron chi connectivity index (χ4n) is 3.04. The standard InChI is InChI=1S/C18H24Cl2N2O2/c1-3-12(4-2)17(23)21-14-7-9-22(10-8-14)18(24)15-11-13(19)5-6-16(15)20/h5-6,11-12,14H,3-4,7-10H2,1-2H3,(H,21,23). The van der Waals surface area contributed by atoms with Crippen molar-refractivity contribution in [3.63, 3.8) is 0 Å². The van der Waals surface area contributed by atoms with Gasteiger partial charge in [-0.3, -0.25) is 9.59 Å². The summed E-state index contributed by atoms with van der Waals surface area (Å²) in [6, 6.07) is 5.05. The van der Waals surface area contributed by atoms with Gasteiger partial charge in [0.1, 0.15) is 0 Å². The van der Waals surface area contributed by atoms with E-state index in [2.05, 4.69) is 5.32 Å². The molecule has 1 aliphatic rings. The van der Waals surface area contributed by atoms with Crippen molar-refractivity contribution in [3.05, 3.63) is 33.8 Å². The van der Waals surface area contributed by atoms with Crippen LogP contribution in [-0.2, 0) is 4.79 Å². The minimum atomic E-state index is -0.104. The number of amides is 2. The van der Waals surface area contributed by atoms with Gasteiger partial charge < -0.3 is 10.2 Å². The highest BCUT2D eigenvalue weighted by atomic mass is 35.5. The lowest BCUT2D eigenvalue weighted by Crippen LogP contribution is -2.47. The number of likely N-dealkylation sites (tertiary alicyclic amines) is 1. The third kappa shape index (κ3) is 4.64. The molecule has 0 aliphatic carbocycles. The molecule has 0 bridgehead atoms. The zero-order valence-electron chi connectivity index (χ0n) is 14.1. The Morgan fingerprint density at radius 2 is 1.83 bits per heavy atom. The molecule has 0 spiro atoms. The number of carbonyl (C=O) groups is 2. The molecule has 2 rings (SSSR count). The Morgan fingerprint density at radius 1 is 1.21 bits per heavy atom. The van der Waals surface area contributed by atoms with Gasteiger partial charge in [-0.05, 0) is 43.9 Å². The molecule has 0 radical (unpaired) electrons. The molecule has 24 heavy (non-hydrogen) atoms. The van der Waals surface area contributed by atoms with E-state index < -0.39 is 0 Å². The molecule has 1 aliphatic heterocycles. The zero-order chi connectivity index (χ0) is 17.7. The number of nitrogens with zero attached hydrogens (tertiary/aromatic N) is 1. The van der Waals surface area contributed by atoms with Crippen molar-refractivity contribution in [1.82, 2.24) is 10.2 Å². The van der Waals surface area contributed by atoms with Crippen LogP contribution in [0.2, 0.25) is 10.0 Å². The maximum atomic E-state index is 12.6. The van der Waals surface area contributed by atoms with Crippen LogP contribution in [0.3, 0.4) is 0 Å².